The number of benzene rings is 1. The molecule has 76 valence electrons. The molecule has 1 fully saturated rings. The molecule has 1 saturated carbocycles. The van der Waals surface area contributed by atoms with Crippen LogP contribution in [0.5, 0.6) is 0 Å². The summed E-state index contributed by atoms with van der Waals surface area (Å²) in [6.45, 7) is 0. The average molecular weight is 205 g/mol. The van der Waals surface area contributed by atoms with Crippen LogP contribution in [-0.4, -0.2) is 5.91 Å². The summed E-state index contributed by atoms with van der Waals surface area (Å²) in [6.07, 6.45) is 0.684. The van der Waals surface area contributed by atoms with Gasteiger partial charge in [-0.25, -0.2) is 4.39 Å². The fourth-order valence-corrected chi connectivity index (χ4v) is 1.66. The molecule has 1 amide bonds. The lowest BCUT2D eigenvalue weighted by Crippen LogP contribution is -1.96. The Labute approximate surface area is 85.3 Å². The minimum atomic E-state index is -0.424. The van der Waals surface area contributed by atoms with Gasteiger partial charge in [-0.05, 0) is 40.7 Å². The highest BCUT2D eigenvalue weighted by molar-refractivity contribution is 5.83. The van der Waals surface area contributed by atoms with Gasteiger partial charge in [0.1, 0.15) is 5.82 Å². The second-order valence-electron chi connectivity index (χ2n) is 3.53. The highest BCUT2D eigenvalue weighted by atomic mass is 19.1. The van der Waals surface area contributed by atoms with E-state index in [4.69, 9.17) is 5.53 Å². The monoisotopic (exact) mass is 205 g/mol. The summed E-state index contributed by atoms with van der Waals surface area (Å²) < 4.78 is 12.6. The molecule has 15 heavy (non-hydrogen) atoms. The van der Waals surface area contributed by atoms with E-state index in [-0.39, 0.29) is 17.7 Å². The number of hydrogen-bond acceptors (Lipinski definition) is 1. The molecule has 0 heterocycles. The molecule has 1 aliphatic rings. The second kappa shape index (κ2) is 3.71. The molecule has 0 N–H and O–H groups in total. The third-order valence-corrected chi connectivity index (χ3v) is 2.55. The van der Waals surface area contributed by atoms with E-state index >= 15 is 0 Å². The molecule has 0 aromatic heterocycles. The third-order valence-electron chi connectivity index (χ3n) is 2.55. The first kappa shape index (κ1) is 9.68. The Morgan fingerprint density at radius 1 is 1.47 bits per heavy atom. The van der Waals surface area contributed by atoms with Crippen LogP contribution in [0.4, 0.5) is 4.39 Å². The molecule has 2 unspecified atom stereocenters. The number of amides is 1. The van der Waals surface area contributed by atoms with Crippen LogP contribution in [0.25, 0.3) is 10.4 Å². The fourth-order valence-electron chi connectivity index (χ4n) is 1.66. The molecule has 0 saturated heterocycles. The highest BCUT2D eigenvalue weighted by Gasteiger charge is 2.43. The molecule has 0 bridgehead atoms. The van der Waals surface area contributed by atoms with Gasteiger partial charge >= 0.3 is 0 Å². The zero-order valence-corrected chi connectivity index (χ0v) is 7.80. The van der Waals surface area contributed by atoms with Gasteiger partial charge in [0.15, 0.2) is 0 Å². The van der Waals surface area contributed by atoms with E-state index in [0.29, 0.717) is 6.42 Å². The number of nitrogens with zero attached hydrogens (tertiary/aromatic N) is 3. The van der Waals surface area contributed by atoms with Crippen molar-refractivity contribution in [3.63, 3.8) is 0 Å². The van der Waals surface area contributed by atoms with Crippen molar-refractivity contribution in [2.75, 3.05) is 0 Å². The Balaban J connectivity index is 2.08. The van der Waals surface area contributed by atoms with Crippen LogP contribution in [-0.2, 0) is 4.79 Å². The van der Waals surface area contributed by atoms with Crippen LogP contribution in [0.2, 0.25) is 0 Å². The van der Waals surface area contributed by atoms with Gasteiger partial charge in [-0.2, -0.15) is 0 Å². The quantitative estimate of drug-likeness (QED) is 0.416. The molecule has 4 nitrogen and oxygen atoms in total. The van der Waals surface area contributed by atoms with Crippen molar-refractivity contribution in [1.29, 1.82) is 0 Å². The molecule has 5 heteroatoms. The van der Waals surface area contributed by atoms with E-state index in [2.05, 4.69) is 10.0 Å². The second-order valence-corrected chi connectivity index (χ2v) is 3.53. The van der Waals surface area contributed by atoms with Crippen molar-refractivity contribution in [2.24, 2.45) is 11.0 Å². The smallest absolute Gasteiger partial charge is 0.222 e. The van der Waals surface area contributed by atoms with Crippen LogP contribution in [0.1, 0.15) is 17.9 Å². The van der Waals surface area contributed by atoms with Crippen LogP contribution >= 0.6 is 0 Å². The van der Waals surface area contributed by atoms with Gasteiger partial charge in [-0.15, -0.1) is 0 Å². The van der Waals surface area contributed by atoms with E-state index in [0.717, 1.165) is 5.56 Å². The van der Waals surface area contributed by atoms with Gasteiger partial charge in [0.2, 0.25) is 5.91 Å². The lowest BCUT2D eigenvalue weighted by atomic mass is 10.1. The Kier molecular flexibility index (Phi) is 2.39. The van der Waals surface area contributed by atoms with E-state index in [1.54, 1.807) is 12.1 Å². The van der Waals surface area contributed by atoms with E-state index in [9.17, 15) is 9.18 Å². The first-order valence-corrected chi connectivity index (χ1v) is 4.57. The summed E-state index contributed by atoms with van der Waals surface area (Å²) in [4.78, 5) is 13.6. The molecule has 1 aromatic carbocycles. The van der Waals surface area contributed by atoms with Crippen molar-refractivity contribution >= 4 is 5.91 Å². The molecule has 1 aromatic rings. The Morgan fingerprint density at radius 3 is 2.73 bits per heavy atom. The van der Waals surface area contributed by atoms with Crippen molar-refractivity contribution in [2.45, 2.75) is 12.3 Å². The Bertz CT molecular complexity index is 436. The fraction of sp³-hybridized carbons (Fsp3) is 0.300. The standard InChI is InChI=1S/C10H8FN3O/c11-7-3-1-6(2-4-7)8-5-9(8)10(15)13-14-12/h1-4,8-9H,5H2. The number of carbonyl (C=O) groups is 1. The third kappa shape index (κ3) is 1.97. The molecule has 0 aliphatic heterocycles. The highest BCUT2D eigenvalue weighted by Crippen LogP contribution is 2.48. The Morgan fingerprint density at radius 2 is 2.13 bits per heavy atom. The minimum Gasteiger partial charge on any atom is -0.292 e. The van der Waals surface area contributed by atoms with Crippen LogP contribution in [0.15, 0.2) is 29.4 Å². The van der Waals surface area contributed by atoms with Gasteiger partial charge in [-0.3, -0.25) is 4.79 Å². The molecule has 0 spiro atoms. The predicted octanol–water partition coefficient (Wildman–Crippen LogP) is 2.77. The van der Waals surface area contributed by atoms with Crippen LogP contribution in [0, 0.1) is 11.7 Å². The zero-order chi connectivity index (χ0) is 10.8. The summed E-state index contributed by atoms with van der Waals surface area (Å²) in [5.74, 6) is -0.848. The predicted molar refractivity (Wildman–Crippen MR) is 51.4 cm³/mol. The molecule has 1 aliphatic carbocycles. The van der Waals surface area contributed by atoms with Crippen molar-refractivity contribution in [3.8, 4) is 0 Å². The summed E-state index contributed by atoms with van der Waals surface area (Å²) in [7, 11) is 0. The van der Waals surface area contributed by atoms with Crippen molar-refractivity contribution in [3.05, 3.63) is 46.1 Å². The number of azide groups is 1. The summed E-state index contributed by atoms with van der Waals surface area (Å²) >= 11 is 0. The Hall–Kier alpha value is -1.87. The van der Waals surface area contributed by atoms with Crippen LogP contribution in [0.3, 0.4) is 0 Å². The number of halogens is 1. The minimum absolute atomic E-state index is 0.0867. The number of rotatable bonds is 2. The molecule has 2 atom stereocenters. The molecular formula is C10H8FN3O. The average Bonchev–Trinajstić information content (AvgIpc) is 2.99. The van der Waals surface area contributed by atoms with Gasteiger partial charge in [0.25, 0.3) is 0 Å². The maximum absolute atomic E-state index is 12.6. The topological polar surface area (TPSA) is 65.8 Å². The van der Waals surface area contributed by atoms with Gasteiger partial charge in [-0.1, -0.05) is 12.1 Å². The lowest BCUT2D eigenvalue weighted by molar-refractivity contribution is -0.119. The van der Waals surface area contributed by atoms with Gasteiger partial charge < -0.3 is 0 Å². The van der Waals surface area contributed by atoms with Crippen molar-refractivity contribution in [1.82, 2.24) is 0 Å². The normalized spacial score (nSPS) is 23.0. The van der Waals surface area contributed by atoms with Gasteiger partial charge in [0, 0.05) is 10.8 Å². The van der Waals surface area contributed by atoms with E-state index < -0.39 is 5.91 Å². The maximum Gasteiger partial charge on any atom is 0.222 e. The summed E-state index contributed by atoms with van der Waals surface area (Å²) in [5, 5.41) is 3.05. The van der Waals surface area contributed by atoms with E-state index in [1.165, 1.54) is 12.1 Å². The van der Waals surface area contributed by atoms with Crippen LogP contribution < -0.4 is 0 Å². The molecular weight excluding hydrogens is 197 g/mol. The van der Waals surface area contributed by atoms with Crippen molar-refractivity contribution < 1.29 is 9.18 Å². The number of carbonyl (C=O) groups excluding carboxylic acids is 1. The zero-order valence-electron chi connectivity index (χ0n) is 7.80. The summed E-state index contributed by atoms with van der Waals surface area (Å²) in [5.41, 5.74) is 9.01. The molecule has 2 rings (SSSR count). The first-order valence-electron chi connectivity index (χ1n) is 4.57. The maximum atomic E-state index is 12.6. The summed E-state index contributed by atoms with van der Waals surface area (Å²) in [6, 6.07) is 6.04. The van der Waals surface area contributed by atoms with E-state index in [1.807, 2.05) is 0 Å². The SMILES string of the molecule is [N-]=[N+]=NC(=O)C1CC1c1ccc(F)cc1. The number of hydrogen-bond donors (Lipinski definition) is 0. The largest absolute Gasteiger partial charge is 0.292 e. The molecule has 0 radical (unpaired) electrons. The first-order chi connectivity index (χ1) is 7.22. The lowest BCUT2D eigenvalue weighted by Gasteiger charge is -1.97. The van der Waals surface area contributed by atoms with Gasteiger partial charge in [0.05, 0.1) is 0 Å².